The predicted molar refractivity (Wildman–Crippen MR) is 72.0 cm³/mol. The Kier molecular flexibility index (Phi) is 3.48. The van der Waals surface area contributed by atoms with Gasteiger partial charge in [-0.1, -0.05) is 0 Å². The van der Waals surface area contributed by atoms with E-state index in [0.717, 1.165) is 9.87 Å². The molecule has 0 fully saturated rings. The first kappa shape index (κ1) is 13.5. The zero-order valence-electron chi connectivity index (χ0n) is 10.0. The first-order valence-electron chi connectivity index (χ1n) is 5.37. The Bertz CT molecular complexity index is 611. The van der Waals surface area contributed by atoms with Crippen LogP contribution in [0, 0.1) is 0 Å². The number of rotatable bonds is 2. The highest BCUT2D eigenvalue weighted by Gasteiger charge is 2.24. The average molecular weight is 333 g/mol. The maximum Gasteiger partial charge on any atom is 0.243 e. The van der Waals surface area contributed by atoms with Crippen molar-refractivity contribution >= 4 is 37.5 Å². The van der Waals surface area contributed by atoms with Gasteiger partial charge in [0, 0.05) is 30.7 Å². The van der Waals surface area contributed by atoms with Crippen LogP contribution in [-0.4, -0.2) is 32.7 Å². The average Bonchev–Trinajstić information content (AvgIpc) is 2.28. The number of halogens is 1. The van der Waals surface area contributed by atoms with Crippen LogP contribution < -0.4 is 5.32 Å². The third kappa shape index (κ3) is 2.30. The van der Waals surface area contributed by atoms with E-state index in [0.29, 0.717) is 23.0 Å². The minimum atomic E-state index is -3.52. The summed E-state index contributed by atoms with van der Waals surface area (Å²) in [5.74, 6) is -0.0852. The molecule has 0 aliphatic carbocycles. The lowest BCUT2D eigenvalue weighted by Gasteiger charge is -2.20. The van der Waals surface area contributed by atoms with E-state index >= 15 is 0 Å². The number of aryl methyl sites for hydroxylation is 1. The highest BCUT2D eigenvalue weighted by molar-refractivity contribution is 9.10. The second kappa shape index (κ2) is 4.64. The van der Waals surface area contributed by atoms with E-state index < -0.39 is 10.0 Å². The lowest BCUT2D eigenvalue weighted by atomic mass is 10.0. The van der Waals surface area contributed by atoms with Crippen molar-refractivity contribution in [2.75, 3.05) is 19.4 Å². The van der Waals surface area contributed by atoms with Crippen LogP contribution in [0.5, 0.6) is 0 Å². The molecule has 1 N–H and O–H groups in total. The molecule has 1 aromatic carbocycles. The lowest BCUT2D eigenvalue weighted by Crippen LogP contribution is -2.24. The molecule has 1 aromatic rings. The molecule has 0 aromatic heterocycles. The molecule has 5 nitrogen and oxygen atoms in total. The fraction of sp³-hybridized carbons (Fsp3) is 0.364. The number of benzene rings is 1. The number of anilines is 1. The van der Waals surface area contributed by atoms with Crippen LogP contribution in [0.25, 0.3) is 0 Å². The summed E-state index contributed by atoms with van der Waals surface area (Å²) in [6, 6.07) is 3.26. The van der Waals surface area contributed by atoms with Gasteiger partial charge < -0.3 is 5.32 Å². The van der Waals surface area contributed by atoms with E-state index in [1.165, 1.54) is 20.2 Å². The third-order valence-corrected chi connectivity index (χ3v) is 5.59. The van der Waals surface area contributed by atoms with Gasteiger partial charge in [-0.2, -0.15) is 0 Å². The van der Waals surface area contributed by atoms with Crippen molar-refractivity contribution in [3.63, 3.8) is 0 Å². The fourth-order valence-corrected chi connectivity index (χ4v) is 3.74. The molecule has 1 aliphatic heterocycles. The summed E-state index contributed by atoms with van der Waals surface area (Å²) in [6.45, 7) is 0. The van der Waals surface area contributed by atoms with E-state index in [4.69, 9.17) is 0 Å². The Hall–Kier alpha value is -0.920. The lowest BCUT2D eigenvalue weighted by molar-refractivity contribution is -0.116. The first-order valence-corrected chi connectivity index (χ1v) is 7.60. The van der Waals surface area contributed by atoms with Crippen LogP contribution in [0.3, 0.4) is 0 Å². The number of amides is 1. The van der Waals surface area contributed by atoms with E-state index in [2.05, 4.69) is 21.2 Å². The first-order chi connectivity index (χ1) is 8.32. The van der Waals surface area contributed by atoms with Crippen LogP contribution in [0.1, 0.15) is 12.0 Å². The molecular formula is C11H13BrN2O3S. The Morgan fingerprint density at radius 1 is 1.28 bits per heavy atom. The molecule has 98 valence electrons. The molecule has 1 heterocycles. The molecule has 0 saturated carbocycles. The predicted octanol–water partition coefficient (Wildman–Crippen LogP) is 1.58. The van der Waals surface area contributed by atoms with Crippen LogP contribution >= 0.6 is 15.9 Å². The third-order valence-electron chi connectivity index (χ3n) is 2.81. The number of nitrogens with zero attached hydrogens (tertiary/aromatic N) is 1. The van der Waals surface area contributed by atoms with E-state index in [-0.39, 0.29) is 10.8 Å². The Morgan fingerprint density at radius 2 is 1.94 bits per heavy atom. The summed E-state index contributed by atoms with van der Waals surface area (Å²) < 4.78 is 25.9. The second-order valence-corrected chi connectivity index (χ2v) is 7.25. The molecular weight excluding hydrogens is 320 g/mol. The Labute approximate surface area is 114 Å². The van der Waals surface area contributed by atoms with Crippen molar-refractivity contribution in [3.8, 4) is 0 Å². The minimum Gasteiger partial charge on any atom is -0.326 e. The van der Waals surface area contributed by atoms with Crippen LogP contribution in [0.2, 0.25) is 0 Å². The van der Waals surface area contributed by atoms with E-state index in [1.807, 2.05) is 0 Å². The summed E-state index contributed by atoms with van der Waals surface area (Å²) in [4.78, 5) is 11.5. The largest absolute Gasteiger partial charge is 0.326 e. The monoisotopic (exact) mass is 332 g/mol. The van der Waals surface area contributed by atoms with E-state index in [1.54, 1.807) is 6.07 Å². The molecule has 18 heavy (non-hydrogen) atoms. The van der Waals surface area contributed by atoms with Gasteiger partial charge in [-0.05, 0) is 40.0 Å². The molecule has 0 bridgehead atoms. The van der Waals surface area contributed by atoms with Crippen molar-refractivity contribution in [3.05, 3.63) is 22.2 Å². The summed E-state index contributed by atoms with van der Waals surface area (Å²) >= 11 is 3.28. The van der Waals surface area contributed by atoms with Crippen molar-refractivity contribution < 1.29 is 13.2 Å². The van der Waals surface area contributed by atoms with Crippen molar-refractivity contribution in [2.24, 2.45) is 0 Å². The summed E-state index contributed by atoms with van der Waals surface area (Å²) in [6.07, 6.45) is 1.06. The highest BCUT2D eigenvalue weighted by atomic mass is 79.9. The number of nitrogens with one attached hydrogen (secondary N) is 1. The summed E-state index contributed by atoms with van der Waals surface area (Å²) in [5.41, 5.74) is 1.52. The molecule has 7 heteroatoms. The van der Waals surface area contributed by atoms with Gasteiger partial charge >= 0.3 is 0 Å². The van der Waals surface area contributed by atoms with Gasteiger partial charge in [0.15, 0.2) is 0 Å². The van der Waals surface area contributed by atoms with E-state index in [9.17, 15) is 13.2 Å². The highest BCUT2D eigenvalue weighted by Crippen LogP contribution is 2.32. The van der Waals surface area contributed by atoms with Crippen LogP contribution in [-0.2, 0) is 21.2 Å². The van der Waals surface area contributed by atoms with Crippen molar-refractivity contribution in [1.29, 1.82) is 0 Å². The Morgan fingerprint density at radius 3 is 2.56 bits per heavy atom. The van der Waals surface area contributed by atoms with Crippen LogP contribution in [0.15, 0.2) is 21.5 Å². The number of sulfonamides is 1. The van der Waals surface area contributed by atoms with Gasteiger partial charge in [0.2, 0.25) is 15.9 Å². The molecule has 0 spiro atoms. The van der Waals surface area contributed by atoms with Gasteiger partial charge in [-0.3, -0.25) is 4.79 Å². The van der Waals surface area contributed by atoms with Gasteiger partial charge in [-0.15, -0.1) is 0 Å². The van der Waals surface area contributed by atoms with Gasteiger partial charge in [0.25, 0.3) is 0 Å². The standard InChI is InChI=1S/C11H13BrN2O3S/c1-14(2)18(16,17)10-6-9-7(5-8(10)12)3-4-11(15)13-9/h5-6H,3-4H2,1-2H3,(H,13,15). The van der Waals surface area contributed by atoms with Gasteiger partial charge in [0.05, 0.1) is 4.90 Å². The number of hydrogen-bond acceptors (Lipinski definition) is 3. The maximum atomic E-state index is 12.1. The number of carbonyl (C=O) groups excluding carboxylic acids is 1. The zero-order valence-corrected chi connectivity index (χ0v) is 12.4. The maximum absolute atomic E-state index is 12.1. The molecule has 1 aliphatic rings. The molecule has 2 rings (SSSR count). The number of fused-ring (bicyclic) bond motifs is 1. The number of hydrogen-bond donors (Lipinski definition) is 1. The smallest absolute Gasteiger partial charge is 0.243 e. The van der Waals surface area contributed by atoms with Crippen molar-refractivity contribution in [1.82, 2.24) is 4.31 Å². The SMILES string of the molecule is CN(C)S(=O)(=O)c1cc2c(cc1Br)CCC(=O)N2. The molecule has 0 saturated heterocycles. The molecule has 0 atom stereocenters. The normalized spacial score (nSPS) is 15.4. The van der Waals surface area contributed by atoms with Crippen molar-refractivity contribution in [2.45, 2.75) is 17.7 Å². The minimum absolute atomic E-state index is 0.0852. The zero-order chi connectivity index (χ0) is 13.5. The van der Waals surface area contributed by atoms with Gasteiger partial charge in [0.1, 0.15) is 0 Å². The second-order valence-electron chi connectivity index (χ2n) is 4.28. The topological polar surface area (TPSA) is 66.5 Å². The number of carbonyl (C=O) groups is 1. The molecule has 0 radical (unpaired) electrons. The van der Waals surface area contributed by atoms with Crippen LogP contribution in [0.4, 0.5) is 5.69 Å². The molecule has 0 unspecified atom stereocenters. The molecule has 1 amide bonds. The quantitative estimate of drug-likeness (QED) is 0.894. The summed E-state index contributed by atoms with van der Waals surface area (Å²) in [5, 5.41) is 2.70. The Balaban J connectivity index is 2.58. The summed E-state index contributed by atoms with van der Waals surface area (Å²) in [7, 11) is -0.579. The van der Waals surface area contributed by atoms with Gasteiger partial charge in [-0.25, -0.2) is 12.7 Å². The fourth-order valence-electron chi connectivity index (χ4n) is 1.77.